The maximum Gasteiger partial charge on any atom is 0.404 e. The van der Waals surface area contributed by atoms with Crippen molar-refractivity contribution in [3.63, 3.8) is 0 Å². The SMILES string of the molecule is C=C(C)C(=O)O.NC(=O)OCC=CO. The smallest absolute Gasteiger partial charge is 0.404 e. The molecule has 0 unspecified atom stereocenters. The van der Waals surface area contributed by atoms with Gasteiger partial charge in [-0.3, -0.25) is 0 Å². The number of nitrogens with two attached hydrogens (primary N) is 1. The number of hydrogen-bond acceptors (Lipinski definition) is 4. The Labute approximate surface area is 81.3 Å². The predicted molar refractivity (Wildman–Crippen MR) is 49.8 cm³/mol. The number of amides is 1. The molecule has 6 heteroatoms. The minimum Gasteiger partial charge on any atom is -0.516 e. The normalized spacial score (nSPS) is 8.64. The van der Waals surface area contributed by atoms with Gasteiger partial charge in [-0.05, 0) is 13.0 Å². The first-order valence-corrected chi connectivity index (χ1v) is 3.52. The van der Waals surface area contributed by atoms with Gasteiger partial charge in [0, 0.05) is 5.57 Å². The van der Waals surface area contributed by atoms with Crippen LogP contribution in [0.1, 0.15) is 6.92 Å². The summed E-state index contributed by atoms with van der Waals surface area (Å²) in [7, 11) is 0. The number of rotatable bonds is 3. The number of hydrogen-bond donors (Lipinski definition) is 3. The largest absolute Gasteiger partial charge is 0.516 e. The van der Waals surface area contributed by atoms with Crippen LogP contribution >= 0.6 is 0 Å². The quantitative estimate of drug-likeness (QED) is 0.464. The molecule has 4 N–H and O–H groups in total. The van der Waals surface area contributed by atoms with Crippen LogP contribution in [0.3, 0.4) is 0 Å². The number of aliphatic hydroxyl groups excluding tert-OH is 1. The van der Waals surface area contributed by atoms with Crippen LogP contribution in [0.25, 0.3) is 0 Å². The fourth-order valence-electron chi connectivity index (χ4n) is 0.173. The molecule has 0 aromatic rings. The summed E-state index contributed by atoms with van der Waals surface area (Å²) in [5.74, 6) is -0.935. The van der Waals surface area contributed by atoms with E-state index in [0.29, 0.717) is 0 Å². The van der Waals surface area contributed by atoms with E-state index >= 15 is 0 Å². The lowest BCUT2D eigenvalue weighted by molar-refractivity contribution is -0.132. The van der Waals surface area contributed by atoms with Gasteiger partial charge < -0.3 is 20.7 Å². The average Bonchev–Trinajstić information content (AvgIpc) is 2.05. The average molecular weight is 203 g/mol. The summed E-state index contributed by atoms with van der Waals surface area (Å²) in [6, 6.07) is 0. The summed E-state index contributed by atoms with van der Waals surface area (Å²) >= 11 is 0. The Balaban J connectivity index is 0. The molecule has 14 heavy (non-hydrogen) atoms. The van der Waals surface area contributed by atoms with Gasteiger partial charge >= 0.3 is 12.1 Å². The van der Waals surface area contributed by atoms with E-state index in [-0.39, 0.29) is 12.2 Å². The number of ether oxygens (including phenoxy) is 1. The first-order valence-electron chi connectivity index (χ1n) is 3.52. The topological polar surface area (TPSA) is 110 Å². The molecule has 0 atom stereocenters. The predicted octanol–water partition coefficient (Wildman–Crippen LogP) is 0.801. The van der Waals surface area contributed by atoms with Gasteiger partial charge in [0.15, 0.2) is 0 Å². The molecule has 0 aliphatic rings. The van der Waals surface area contributed by atoms with Crippen molar-refractivity contribution in [2.45, 2.75) is 6.92 Å². The van der Waals surface area contributed by atoms with E-state index in [1.807, 2.05) is 0 Å². The van der Waals surface area contributed by atoms with Gasteiger partial charge in [-0.25, -0.2) is 9.59 Å². The van der Waals surface area contributed by atoms with Crippen LogP contribution in [0.4, 0.5) is 4.79 Å². The second kappa shape index (κ2) is 9.11. The van der Waals surface area contributed by atoms with Crippen molar-refractivity contribution in [1.29, 1.82) is 0 Å². The van der Waals surface area contributed by atoms with E-state index in [9.17, 15) is 9.59 Å². The van der Waals surface area contributed by atoms with Crippen molar-refractivity contribution in [1.82, 2.24) is 0 Å². The minimum absolute atomic E-state index is 0.0197. The van der Waals surface area contributed by atoms with Crippen LogP contribution in [0, 0.1) is 0 Å². The lowest BCUT2D eigenvalue weighted by atomic mass is 10.4. The molecule has 0 radical (unpaired) electrons. The highest BCUT2D eigenvalue weighted by Gasteiger charge is 1.90. The van der Waals surface area contributed by atoms with Gasteiger partial charge in [-0.2, -0.15) is 0 Å². The van der Waals surface area contributed by atoms with E-state index in [2.05, 4.69) is 17.0 Å². The molecule has 0 heterocycles. The van der Waals surface area contributed by atoms with Crippen molar-refractivity contribution in [3.8, 4) is 0 Å². The first-order chi connectivity index (χ1) is 6.41. The number of carboxylic acids is 1. The molecular weight excluding hydrogens is 190 g/mol. The molecule has 0 fully saturated rings. The van der Waals surface area contributed by atoms with Crippen molar-refractivity contribution in [3.05, 3.63) is 24.5 Å². The fourth-order valence-corrected chi connectivity index (χ4v) is 0.173. The van der Waals surface area contributed by atoms with E-state index in [0.717, 1.165) is 6.26 Å². The van der Waals surface area contributed by atoms with Crippen molar-refractivity contribution in [2.75, 3.05) is 6.61 Å². The van der Waals surface area contributed by atoms with Crippen molar-refractivity contribution in [2.24, 2.45) is 5.73 Å². The molecule has 0 spiro atoms. The molecule has 1 amide bonds. The minimum atomic E-state index is -0.935. The molecule has 0 saturated heterocycles. The van der Waals surface area contributed by atoms with Gasteiger partial charge in [-0.15, -0.1) is 0 Å². The second-order valence-electron chi connectivity index (χ2n) is 2.10. The third-order valence-electron chi connectivity index (χ3n) is 0.792. The van der Waals surface area contributed by atoms with Crippen molar-refractivity contribution < 1.29 is 24.5 Å². The number of carbonyl (C=O) groups is 2. The van der Waals surface area contributed by atoms with Crippen LogP contribution in [-0.2, 0) is 9.53 Å². The number of carboxylic acid groups (broad SMARTS) is 1. The summed E-state index contributed by atoms with van der Waals surface area (Å²) < 4.78 is 4.17. The fraction of sp³-hybridized carbons (Fsp3) is 0.250. The molecule has 0 aliphatic carbocycles. The Hall–Kier alpha value is -1.98. The second-order valence-corrected chi connectivity index (χ2v) is 2.10. The summed E-state index contributed by atoms with van der Waals surface area (Å²) in [6.07, 6.45) is 1.19. The highest BCUT2D eigenvalue weighted by Crippen LogP contribution is 1.81. The maximum absolute atomic E-state index is 9.76. The van der Waals surface area contributed by atoms with Gasteiger partial charge in [0.1, 0.15) is 6.61 Å². The lowest BCUT2D eigenvalue weighted by Crippen LogP contribution is -2.12. The highest BCUT2D eigenvalue weighted by atomic mass is 16.5. The monoisotopic (exact) mass is 203 g/mol. The Kier molecular flexibility index (Phi) is 9.46. The summed E-state index contributed by atoms with van der Waals surface area (Å²) in [5.41, 5.74) is 4.73. The van der Waals surface area contributed by atoms with Crippen LogP contribution < -0.4 is 5.73 Å². The van der Waals surface area contributed by atoms with Crippen LogP contribution in [0.5, 0.6) is 0 Å². The Bertz CT molecular complexity index is 222. The summed E-state index contributed by atoms with van der Waals surface area (Å²) in [6.45, 7) is 4.62. The van der Waals surface area contributed by atoms with Crippen LogP contribution in [-0.4, -0.2) is 28.9 Å². The lowest BCUT2D eigenvalue weighted by Gasteiger charge is -1.91. The zero-order chi connectivity index (χ0) is 11.6. The van der Waals surface area contributed by atoms with E-state index in [4.69, 9.17) is 10.2 Å². The van der Waals surface area contributed by atoms with Gasteiger partial charge in [0.2, 0.25) is 0 Å². The van der Waals surface area contributed by atoms with Gasteiger partial charge in [0.05, 0.1) is 6.26 Å². The molecule has 0 rings (SSSR count). The third-order valence-corrected chi connectivity index (χ3v) is 0.792. The number of aliphatic hydroxyl groups is 1. The van der Waals surface area contributed by atoms with Gasteiger partial charge in [0.25, 0.3) is 0 Å². The van der Waals surface area contributed by atoms with Crippen molar-refractivity contribution >= 4 is 12.1 Å². The molecule has 0 saturated carbocycles. The maximum atomic E-state index is 9.76. The van der Waals surface area contributed by atoms with Gasteiger partial charge in [-0.1, -0.05) is 6.58 Å². The molecule has 0 aromatic heterocycles. The molecule has 0 aliphatic heterocycles. The first kappa shape index (κ1) is 14.5. The molecule has 6 nitrogen and oxygen atoms in total. The standard InChI is InChI=1S/C4H7NO3.C4H6O2/c5-4(7)8-3-1-2-6;1-3(2)4(5)6/h1-2,6H,3H2,(H2,5,7);1H2,2H3,(H,5,6). The van der Waals surface area contributed by atoms with Crippen LogP contribution in [0.2, 0.25) is 0 Å². The third kappa shape index (κ3) is 16.5. The van der Waals surface area contributed by atoms with Crippen LogP contribution in [0.15, 0.2) is 24.5 Å². The molecule has 0 aromatic carbocycles. The number of aliphatic carboxylic acids is 1. The number of carbonyl (C=O) groups excluding carboxylic acids is 1. The Morgan fingerprint density at radius 3 is 2.21 bits per heavy atom. The van der Waals surface area contributed by atoms with E-state index in [1.165, 1.54) is 13.0 Å². The molecule has 0 bridgehead atoms. The number of primary amides is 1. The summed E-state index contributed by atoms with van der Waals surface area (Å²) in [4.78, 5) is 19.4. The zero-order valence-corrected chi connectivity index (χ0v) is 7.77. The molecule has 80 valence electrons. The Morgan fingerprint density at radius 2 is 2.00 bits per heavy atom. The highest BCUT2D eigenvalue weighted by molar-refractivity contribution is 5.84. The molecular formula is C8H13NO5. The zero-order valence-electron chi connectivity index (χ0n) is 7.77. The Morgan fingerprint density at radius 1 is 1.57 bits per heavy atom. The van der Waals surface area contributed by atoms with E-state index < -0.39 is 12.1 Å². The summed E-state index contributed by atoms with van der Waals surface area (Å²) in [5, 5.41) is 15.9. The van der Waals surface area contributed by atoms with E-state index in [1.54, 1.807) is 0 Å².